The molecule has 0 spiro atoms. The maximum atomic E-state index is 12.5. The summed E-state index contributed by atoms with van der Waals surface area (Å²) in [7, 11) is 0. The molecule has 1 fully saturated rings. The fraction of sp³-hybridized carbons (Fsp3) is 0.500. The first-order valence-corrected chi connectivity index (χ1v) is 9.95. The Morgan fingerprint density at radius 2 is 1.93 bits per heavy atom. The van der Waals surface area contributed by atoms with Crippen LogP contribution in [0.15, 0.2) is 39.8 Å². The van der Waals surface area contributed by atoms with Crippen LogP contribution in [0.1, 0.15) is 25.3 Å². The predicted octanol–water partition coefficient (Wildman–Crippen LogP) is 2.67. The van der Waals surface area contributed by atoms with Crippen molar-refractivity contribution in [2.45, 2.75) is 32.9 Å². The summed E-state index contributed by atoms with van der Waals surface area (Å²) in [5, 5.41) is 11.2. The summed E-state index contributed by atoms with van der Waals surface area (Å²) in [6, 6.07) is 1.79. The first-order chi connectivity index (χ1) is 13.5. The Bertz CT molecular complexity index is 838. The lowest BCUT2D eigenvalue weighted by Gasteiger charge is -2.34. The van der Waals surface area contributed by atoms with Gasteiger partial charge in [-0.05, 0) is 31.9 Å². The molecule has 0 aromatic carbocycles. The van der Waals surface area contributed by atoms with Gasteiger partial charge in [-0.25, -0.2) is 4.79 Å². The van der Waals surface area contributed by atoms with E-state index in [1.165, 1.54) is 4.57 Å². The van der Waals surface area contributed by atoms with Crippen LogP contribution in [0.3, 0.4) is 0 Å². The summed E-state index contributed by atoms with van der Waals surface area (Å²) in [6.45, 7) is 5.55. The van der Waals surface area contributed by atoms with Crippen LogP contribution in [0, 0.1) is 0 Å². The second-order valence-electron chi connectivity index (χ2n) is 7.02. The van der Waals surface area contributed by atoms with Crippen LogP contribution in [0.4, 0.5) is 4.79 Å². The van der Waals surface area contributed by atoms with E-state index in [9.17, 15) is 14.7 Å². The van der Waals surface area contributed by atoms with Crippen LogP contribution in [-0.2, 0) is 17.8 Å². The van der Waals surface area contributed by atoms with Gasteiger partial charge in [0.1, 0.15) is 0 Å². The number of aromatic nitrogens is 1. The fourth-order valence-electron chi connectivity index (χ4n) is 3.40. The molecule has 1 aromatic heterocycles. The molecule has 1 aromatic rings. The van der Waals surface area contributed by atoms with Crippen molar-refractivity contribution in [2.24, 2.45) is 0 Å². The number of pyridine rings is 1. The van der Waals surface area contributed by atoms with Gasteiger partial charge in [0.2, 0.25) is 0 Å². The number of piperazine rings is 1. The average molecular weight is 408 g/mol. The van der Waals surface area contributed by atoms with Crippen molar-refractivity contribution in [3.05, 3.63) is 50.9 Å². The van der Waals surface area contributed by atoms with E-state index in [1.54, 1.807) is 24.1 Å². The molecule has 152 valence electrons. The second kappa shape index (κ2) is 9.30. The number of carbonyl (C=O) groups is 1. The van der Waals surface area contributed by atoms with Crippen LogP contribution < -0.4 is 5.56 Å². The summed E-state index contributed by atoms with van der Waals surface area (Å²) in [5.74, 6) is -0.208. The predicted molar refractivity (Wildman–Crippen MR) is 107 cm³/mol. The molecule has 7 nitrogen and oxygen atoms in total. The Kier molecular flexibility index (Phi) is 6.80. The van der Waals surface area contributed by atoms with Crippen LogP contribution in [0.5, 0.6) is 5.75 Å². The van der Waals surface area contributed by atoms with E-state index in [1.807, 2.05) is 12.2 Å². The van der Waals surface area contributed by atoms with Gasteiger partial charge in [0, 0.05) is 56.1 Å². The second-order valence-corrected chi connectivity index (χ2v) is 7.51. The minimum Gasteiger partial charge on any atom is -0.503 e. The Labute approximate surface area is 169 Å². The van der Waals surface area contributed by atoms with Gasteiger partial charge in [0.25, 0.3) is 5.56 Å². The number of nitrogens with zero attached hydrogens (tertiary/aromatic N) is 3. The van der Waals surface area contributed by atoms with Gasteiger partial charge in [0.15, 0.2) is 5.75 Å². The normalized spacial score (nSPS) is 17.9. The monoisotopic (exact) mass is 407 g/mol. The summed E-state index contributed by atoms with van der Waals surface area (Å²) < 4.78 is 6.54. The topological polar surface area (TPSA) is 75.0 Å². The molecule has 0 bridgehead atoms. The van der Waals surface area contributed by atoms with Gasteiger partial charge in [-0.15, -0.1) is 0 Å². The maximum absolute atomic E-state index is 12.5. The SMILES string of the molecule is CCOC(=O)N1CCN(Cc2ccn(CC3=CC=C(Cl)CC3)c(=O)c2O)CC1. The Morgan fingerprint density at radius 1 is 1.18 bits per heavy atom. The largest absolute Gasteiger partial charge is 0.503 e. The van der Waals surface area contributed by atoms with Gasteiger partial charge >= 0.3 is 6.09 Å². The number of carbonyl (C=O) groups excluding carboxylic acids is 1. The lowest BCUT2D eigenvalue weighted by molar-refractivity contribution is 0.0776. The maximum Gasteiger partial charge on any atom is 0.409 e. The van der Waals surface area contributed by atoms with Gasteiger partial charge < -0.3 is 19.3 Å². The zero-order valence-corrected chi connectivity index (χ0v) is 16.8. The van der Waals surface area contributed by atoms with Gasteiger partial charge in [-0.2, -0.15) is 0 Å². The van der Waals surface area contributed by atoms with Crippen LogP contribution in [0.2, 0.25) is 0 Å². The number of halogens is 1. The molecule has 0 radical (unpaired) electrons. The minimum absolute atomic E-state index is 0.208. The zero-order valence-electron chi connectivity index (χ0n) is 16.1. The Hall–Kier alpha value is -2.25. The Morgan fingerprint density at radius 3 is 2.57 bits per heavy atom. The molecule has 0 saturated carbocycles. The summed E-state index contributed by atoms with van der Waals surface area (Å²) in [5.41, 5.74) is 1.32. The van der Waals surface area contributed by atoms with Crippen LogP contribution in [0.25, 0.3) is 0 Å². The van der Waals surface area contributed by atoms with Crippen molar-refractivity contribution < 1.29 is 14.6 Å². The zero-order chi connectivity index (χ0) is 20.1. The first-order valence-electron chi connectivity index (χ1n) is 9.57. The lowest BCUT2D eigenvalue weighted by Crippen LogP contribution is -2.48. The van der Waals surface area contributed by atoms with Gasteiger partial charge in [-0.1, -0.05) is 23.3 Å². The molecule has 2 heterocycles. The number of ether oxygens (including phenoxy) is 1. The molecule has 1 amide bonds. The molecule has 0 unspecified atom stereocenters. The first kappa shape index (κ1) is 20.5. The molecule has 2 aliphatic rings. The van der Waals surface area contributed by atoms with Crippen molar-refractivity contribution in [3.63, 3.8) is 0 Å². The third kappa shape index (κ3) is 4.97. The number of hydrogen-bond acceptors (Lipinski definition) is 5. The summed E-state index contributed by atoms with van der Waals surface area (Å²) >= 11 is 5.97. The molecular weight excluding hydrogens is 382 g/mol. The molecule has 3 rings (SSSR count). The molecule has 28 heavy (non-hydrogen) atoms. The third-order valence-corrected chi connectivity index (χ3v) is 5.39. The van der Waals surface area contributed by atoms with E-state index in [0.29, 0.717) is 51.4 Å². The molecule has 1 aliphatic heterocycles. The highest BCUT2D eigenvalue weighted by molar-refractivity contribution is 6.29. The van der Waals surface area contributed by atoms with E-state index < -0.39 is 0 Å². The molecule has 1 N–H and O–H groups in total. The minimum atomic E-state index is -0.385. The number of aromatic hydroxyl groups is 1. The highest BCUT2D eigenvalue weighted by Gasteiger charge is 2.23. The van der Waals surface area contributed by atoms with Crippen molar-refractivity contribution in [3.8, 4) is 5.75 Å². The number of allylic oxidation sites excluding steroid dienone is 4. The smallest absolute Gasteiger partial charge is 0.409 e. The molecular formula is C20H26ClN3O4. The van der Waals surface area contributed by atoms with E-state index in [0.717, 1.165) is 23.4 Å². The molecule has 8 heteroatoms. The van der Waals surface area contributed by atoms with E-state index >= 15 is 0 Å². The summed E-state index contributed by atoms with van der Waals surface area (Å²) in [6.07, 6.45) is 6.83. The Balaban J connectivity index is 1.61. The van der Waals surface area contributed by atoms with Crippen LogP contribution in [-0.4, -0.2) is 58.4 Å². The quantitative estimate of drug-likeness (QED) is 0.812. The number of amides is 1. The fourth-order valence-corrected chi connectivity index (χ4v) is 3.56. The van der Waals surface area contributed by atoms with E-state index in [4.69, 9.17) is 16.3 Å². The molecule has 1 aliphatic carbocycles. The lowest BCUT2D eigenvalue weighted by atomic mass is 10.0. The third-order valence-electron chi connectivity index (χ3n) is 5.07. The highest BCUT2D eigenvalue weighted by atomic mass is 35.5. The van der Waals surface area contributed by atoms with Crippen molar-refractivity contribution >= 4 is 17.7 Å². The van der Waals surface area contributed by atoms with Crippen molar-refractivity contribution in [1.29, 1.82) is 0 Å². The molecule has 0 atom stereocenters. The van der Waals surface area contributed by atoms with E-state index in [-0.39, 0.29) is 17.4 Å². The van der Waals surface area contributed by atoms with Gasteiger partial charge in [-0.3, -0.25) is 9.69 Å². The number of rotatable bonds is 5. The van der Waals surface area contributed by atoms with Gasteiger partial charge in [0.05, 0.1) is 6.61 Å². The van der Waals surface area contributed by atoms with E-state index in [2.05, 4.69) is 4.90 Å². The highest BCUT2D eigenvalue weighted by Crippen LogP contribution is 2.22. The standard InChI is InChI=1S/C20H26ClN3O4/c1-2-28-20(27)23-11-9-22(10-12-23)14-16-7-8-24(19(26)18(16)25)13-15-3-5-17(21)6-4-15/h3,5,7-8,25H,2,4,6,9-14H2,1H3. The average Bonchev–Trinajstić information content (AvgIpc) is 2.70. The number of hydrogen-bond donors (Lipinski definition) is 1. The van der Waals surface area contributed by atoms with Crippen molar-refractivity contribution in [1.82, 2.24) is 14.4 Å². The van der Waals surface area contributed by atoms with Crippen molar-refractivity contribution in [2.75, 3.05) is 32.8 Å². The van der Waals surface area contributed by atoms with Crippen LogP contribution >= 0.6 is 11.6 Å². The molecule has 1 saturated heterocycles. The summed E-state index contributed by atoms with van der Waals surface area (Å²) in [4.78, 5) is 28.1.